The molecular formula is C32H67N. The molecule has 1 nitrogen and oxygen atoms in total. The minimum atomic E-state index is 0.0384. The molecule has 2 unspecified atom stereocenters. The zero-order valence-electron chi connectivity index (χ0n) is 24.0. The Morgan fingerprint density at radius 1 is 0.455 bits per heavy atom. The van der Waals surface area contributed by atoms with Gasteiger partial charge in [0.05, 0.1) is 0 Å². The van der Waals surface area contributed by atoms with E-state index in [0.29, 0.717) is 5.92 Å². The van der Waals surface area contributed by atoms with Gasteiger partial charge in [-0.1, -0.05) is 175 Å². The zero-order chi connectivity index (χ0) is 24.5. The molecule has 0 fully saturated rings. The van der Waals surface area contributed by atoms with Gasteiger partial charge in [0.1, 0.15) is 0 Å². The monoisotopic (exact) mass is 466 g/mol. The summed E-state index contributed by atoms with van der Waals surface area (Å²) in [5.74, 6) is 0.661. The standard InChI is InChI=1S/C32H67N/c1-5-7-9-11-13-15-17-18-19-20-21-23-25-27-29-31(3)32(4,33)30-28-26-24-22-16-14-12-10-8-6-2/h31H,5-30,33H2,1-4H3. The second kappa shape index (κ2) is 25.1. The van der Waals surface area contributed by atoms with E-state index < -0.39 is 0 Å². The van der Waals surface area contributed by atoms with Crippen molar-refractivity contribution < 1.29 is 0 Å². The first-order valence-electron chi connectivity index (χ1n) is 15.8. The summed E-state index contributed by atoms with van der Waals surface area (Å²) in [7, 11) is 0. The van der Waals surface area contributed by atoms with E-state index in [1.165, 1.54) is 167 Å². The predicted octanol–water partition coefficient (Wildman–Crippen LogP) is 11.5. The molecule has 0 rings (SSSR count). The van der Waals surface area contributed by atoms with Gasteiger partial charge in [0, 0.05) is 5.54 Å². The highest BCUT2D eigenvalue weighted by Gasteiger charge is 2.25. The molecule has 1 heteroatoms. The molecule has 0 bridgehead atoms. The third kappa shape index (κ3) is 23.5. The van der Waals surface area contributed by atoms with Gasteiger partial charge in [-0.15, -0.1) is 0 Å². The van der Waals surface area contributed by atoms with Gasteiger partial charge in [-0.3, -0.25) is 0 Å². The van der Waals surface area contributed by atoms with Crippen molar-refractivity contribution in [3.05, 3.63) is 0 Å². The fraction of sp³-hybridized carbons (Fsp3) is 1.00. The summed E-state index contributed by atoms with van der Waals surface area (Å²) in [5.41, 5.74) is 6.76. The smallest absolute Gasteiger partial charge is 0.0151 e. The highest BCUT2D eigenvalue weighted by molar-refractivity contribution is 4.84. The Bertz CT molecular complexity index is 362. The Labute approximate surface area is 211 Å². The molecule has 200 valence electrons. The maximum absolute atomic E-state index is 6.72. The predicted molar refractivity (Wildman–Crippen MR) is 153 cm³/mol. The van der Waals surface area contributed by atoms with Crippen molar-refractivity contribution in [1.82, 2.24) is 0 Å². The fourth-order valence-electron chi connectivity index (χ4n) is 5.21. The van der Waals surface area contributed by atoms with E-state index in [4.69, 9.17) is 5.73 Å². The van der Waals surface area contributed by atoms with E-state index in [0.717, 1.165) is 0 Å². The van der Waals surface area contributed by atoms with Crippen molar-refractivity contribution in [1.29, 1.82) is 0 Å². The molecule has 0 aromatic rings. The van der Waals surface area contributed by atoms with Crippen LogP contribution in [0.5, 0.6) is 0 Å². The summed E-state index contributed by atoms with van der Waals surface area (Å²) in [4.78, 5) is 0. The number of rotatable bonds is 27. The van der Waals surface area contributed by atoms with E-state index >= 15 is 0 Å². The molecule has 0 aliphatic heterocycles. The molecule has 33 heavy (non-hydrogen) atoms. The highest BCUT2D eigenvalue weighted by atomic mass is 14.7. The molecule has 0 aromatic heterocycles. The molecule has 0 aromatic carbocycles. The van der Waals surface area contributed by atoms with Gasteiger partial charge >= 0.3 is 0 Å². The summed E-state index contributed by atoms with van der Waals surface area (Å²) in [6.07, 6.45) is 36.8. The molecule has 0 radical (unpaired) electrons. The fourth-order valence-corrected chi connectivity index (χ4v) is 5.21. The van der Waals surface area contributed by atoms with Crippen molar-refractivity contribution in [2.24, 2.45) is 11.7 Å². The Hall–Kier alpha value is -0.0400. The lowest BCUT2D eigenvalue weighted by molar-refractivity contribution is 0.265. The Morgan fingerprint density at radius 3 is 1.06 bits per heavy atom. The van der Waals surface area contributed by atoms with Crippen LogP contribution in [0.1, 0.15) is 195 Å². The second-order valence-corrected chi connectivity index (χ2v) is 11.7. The van der Waals surface area contributed by atoms with Gasteiger partial charge in [0.25, 0.3) is 0 Å². The van der Waals surface area contributed by atoms with Gasteiger partial charge in [-0.25, -0.2) is 0 Å². The summed E-state index contributed by atoms with van der Waals surface area (Å²) in [6.45, 7) is 9.32. The summed E-state index contributed by atoms with van der Waals surface area (Å²) < 4.78 is 0. The summed E-state index contributed by atoms with van der Waals surface area (Å²) in [6, 6.07) is 0. The van der Waals surface area contributed by atoms with E-state index in [9.17, 15) is 0 Å². The lowest BCUT2D eigenvalue weighted by Gasteiger charge is -2.32. The van der Waals surface area contributed by atoms with Gasteiger partial charge in [-0.2, -0.15) is 0 Å². The lowest BCUT2D eigenvalue weighted by atomic mass is 9.80. The van der Waals surface area contributed by atoms with Crippen LogP contribution in [0.2, 0.25) is 0 Å². The van der Waals surface area contributed by atoms with Crippen molar-refractivity contribution in [3.8, 4) is 0 Å². The first kappa shape index (κ1) is 33.0. The first-order chi connectivity index (χ1) is 16.0. The molecule has 0 amide bonds. The van der Waals surface area contributed by atoms with Crippen molar-refractivity contribution in [3.63, 3.8) is 0 Å². The molecular weight excluding hydrogens is 398 g/mol. The molecule has 0 aliphatic rings. The van der Waals surface area contributed by atoms with Gasteiger partial charge in [-0.05, 0) is 25.7 Å². The van der Waals surface area contributed by atoms with Crippen LogP contribution in [0.3, 0.4) is 0 Å². The van der Waals surface area contributed by atoms with Crippen LogP contribution < -0.4 is 5.73 Å². The molecule has 0 saturated carbocycles. The minimum Gasteiger partial charge on any atom is -0.325 e. The van der Waals surface area contributed by atoms with Crippen LogP contribution in [0, 0.1) is 5.92 Å². The van der Waals surface area contributed by atoms with Gasteiger partial charge in [0.2, 0.25) is 0 Å². The van der Waals surface area contributed by atoms with Crippen molar-refractivity contribution in [2.75, 3.05) is 0 Å². The first-order valence-corrected chi connectivity index (χ1v) is 15.8. The van der Waals surface area contributed by atoms with Gasteiger partial charge in [0.15, 0.2) is 0 Å². The molecule has 0 heterocycles. The van der Waals surface area contributed by atoms with Gasteiger partial charge < -0.3 is 5.73 Å². The van der Waals surface area contributed by atoms with E-state index in [2.05, 4.69) is 27.7 Å². The largest absolute Gasteiger partial charge is 0.325 e. The third-order valence-corrected chi connectivity index (χ3v) is 8.19. The van der Waals surface area contributed by atoms with Crippen LogP contribution in [-0.4, -0.2) is 5.54 Å². The number of unbranched alkanes of at least 4 members (excludes halogenated alkanes) is 22. The maximum atomic E-state index is 6.72. The van der Waals surface area contributed by atoms with E-state index in [-0.39, 0.29) is 5.54 Å². The van der Waals surface area contributed by atoms with Crippen LogP contribution in [0.25, 0.3) is 0 Å². The van der Waals surface area contributed by atoms with Crippen molar-refractivity contribution >= 4 is 0 Å². The highest BCUT2D eigenvalue weighted by Crippen LogP contribution is 2.26. The lowest BCUT2D eigenvalue weighted by Crippen LogP contribution is -2.42. The Balaban J connectivity index is 3.43. The molecule has 0 aliphatic carbocycles. The normalized spacial score (nSPS) is 14.5. The molecule has 0 spiro atoms. The molecule has 0 saturated heterocycles. The average molecular weight is 466 g/mol. The number of hydrogen-bond acceptors (Lipinski definition) is 1. The molecule has 2 N–H and O–H groups in total. The molecule has 2 atom stereocenters. The van der Waals surface area contributed by atoms with Crippen LogP contribution in [-0.2, 0) is 0 Å². The maximum Gasteiger partial charge on any atom is 0.0151 e. The SMILES string of the molecule is CCCCCCCCCCCCCCCCC(C)C(C)(N)CCCCCCCCCCCC. The average Bonchev–Trinajstić information content (AvgIpc) is 2.80. The third-order valence-electron chi connectivity index (χ3n) is 8.19. The quantitative estimate of drug-likeness (QED) is 0.120. The van der Waals surface area contributed by atoms with Crippen molar-refractivity contribution in [2.45, 2.75) is 200 Å². The van der Waals surface area contributed by atoms with Crippen LogP contribution in [0.4, 0.5) is 0 Å². The Kier molecular flexibility index (Phi) is 25.0. The van der Waals surface area contributed by atoms with Crippen LogP contribution >= 0.6 is 0 Å². The minimum absolute atomic E-state index is 0.0384. The number of nitrogens with two attached hydrogens (primary N) is 1. The summed E-state index contributed by atoms with van der Waals surface area (Å²) >= 11 is 0. The van der Waals surface area contributed by atoms with Crippen LogP contribution in [0.15, 0.2) is 0 Å². The Morgan fingerprint density at radius 2 is 0.727 bits per heavy atom. The zero-order valence-corrected chi connectivity index (χ0v) is 24.0. The van der Waals surface area contributed by atoms with E-state index in [1.807, 2.05) is 0 Å². The topological polar surface area (TPSA) is 26.0 Å². The number of hydrogen-bond donors (Lipinski definition) is 1. The van der Waals surface area contributed by atoms with E-state index in [1.54, 1.807) is 0 Å². The second-order valence-electron chi connectivity index (χ2n) is 11.7. The summed E-state index contributed by atoms with van der Waals surface area (Å²) in [5, 5.41) is 0.